The molecule has 0 aliphatic carbocycles. The summed E-state index contributed by atoms with van der Waals surface area (Å²) in [6.45, 7) is 0.624. The van der Waals surface area contributed by atoms with Crippen molar-refractivity contribution in [1.29, 1.82) is 0 Å². The second-order valence-electron chi connectivity index (χ2n) is 6.87. The highest BCUT2D eigenvalue weighted by Gasteiger charge is 2.13. The van der Waals surface area contributed by atoms with Gasteiger partial charge in [-0.15, -0.1) is 11.3 Å². The first-order chi connectivity index (χ1) is 13.8. The van der Waals surface area contributed by atoms with Crippen LogP contribution in [0.1, 0.15) is 5.56 Å². The topological polar surface area (TPSA) is 34.9 Å². The Labute approximate surface area is 166 Å². The van der Waals surface area contributed by atoms with Crippen LogP contribution >= 0.6 is 11.3 Å². The van der Waals surface area contributed by atoms with Gasteiger partial charge in [-0.2, -0.15) is 0 Å². The molecule has 2 heterocycles. The standard InChI is InChI=1S/C24H18N2OS/c27-24-22-21(20-11-10-18-8-4-5-9-19(18)14-20)15-28-23(22)25-16-26(24)13-12-17-6-2-1-3-7-17/h1-11,14-16H,12-13H2. The first kappa shape index (κ1) is 16.9. The number of thiophene rings is 1. The fourth-order valence-electron chi connectivity index (χ4n) is 3.59. The molecule has 4 heteroatoms. The van der Waals surface area contributed by atoms with Crippen LogP contribution in [0.3, 0.4) is 0 Å². The first-order valence-corrected chi connectivity index (χ1v) is 10.2. The lowest BCUT2D eigenvalue weighted by atomic mass is 10.0. The summed E-state index contributed by atoms with van der Waals surface area (Å²) in [5, 5.41) is 5.14. The second kappa shape index (κ2) is 7.06. The third kappa shape index (κ3) is 3.02. The second-order valence-corrected chi connectivity index (χ2v) is 7.73. The van der Waals surface area contributed by atoms with Crippen LogP contribution in [0.25, 0.3) is 32.1 Å². The third-order valence-corrected chi connectivity index (χ3v) is 5.99. The predicted octanol–water partition coefficient (Wildman–Crippen LogP) is 5.52. The average molecular weight is 382 g/mol. The van der Waals surface area contributed by atoms with Gasteiger partial charge in [-0.25, -0.2) is 4.98 Å². The molecule has 0 saturated carbocycles. The van der Waals surface area contributed by atoms with Crippen LogP contribution < -0.4 is 5.56 Å². The van der Waals surface area contributed by atoms with Crippen LogP contribution in [0.15, 0.2) is 89.3 Å². The van der Waals surface area contributed by atoms with Crippen LogP contribution in [-0.4, -0.2) is 9.55 Å². The average Bonchev–Trinajstić information content (AvgIpc) is 3.19. The Morgan fingerprint density at radius 3 is 2.54 bits per heavy atom. The smallest absolute Gasteiger partial charge is 0.262 e. The van der Waals surface area contributed by atoms with Gasteiger partial charge in [-0.1, -0.05) is 66.7 Å². The fraction of sp³-hybridized carbons (Fsp3) is 0.0833. The van der Waals surface area contributed by atoms with E-state index in [2.05, 4.69) is 47.4 Å². The van der Waals surface area contributed by atoms with Crippen LogP contribution in [-0.2, 0) is 13.0 Å². The lowest BCUT2D eigenvalue weighted by Gasteiger charge is -2.07. The number of rotatable bonds is 4. The van der Waals surface area contributed by atoms with Gasteiger partial charge < -0.3 is 0 Å². The van der Waals surface area contributed by atoms with E-state index in [0.717, 1.165) is 27.8 Å². The van der Waals surface area contributed by atoms with Gasteiger partial charge in [0.15, 0.2) is 0 Å². The van der Waals surface area contributed by atoms with Crippen molar-refractivity contribution < 1.29 is 0 Å². The Kier molecular flexibility index (Phi) is 4.26. The Bertz CT molecular complexity index is 1340. The molecule has 136 valence electrons. The quantitative estimate of drug-likeness (QED) is 0.410. The van der Waals surface area contributed by atoms with Gasteiger partial charge in [0.2, 0.25) is 0 Å². The molecule has 0 N–H and O–H groups in total. The lowest BCUT2D eigenvalue weighted by Crippen LogP contribution is -2.21. The summed E-state index contributed by atoms with van der Waals surface area (Å²) < 4.78 is 1.73. The summed E-state index contributed by atoms with van der Waals surface area (Å²) >= 11 is 1.53. The number of aromatic nitrogens is 2. The van der Waals surface area contributed by atoms with E-state index >= 15 is 0 Å². The molecule has 0 unspecified atom stereocenters. The van der Waals surface area contributed by atoms with Gasteiger partial charge in [0, 0.05) is 17.5 Å². The lowest BCUT2D eigenvalue weighted by molar-refractivity contribution is 0.663. The molecule has 28 heavy (non-hydrogen) atoms. The van der Waals surface area contributed by atoms with E-state index in [1.165, 1.54) is 27.7 Å². The molecule has 0 amide bonds. The molecular weight excluding hydrogens is 364 g/mol. The van der Waals surface area contributed by atoms with E-state index in [1.807, 2.05) is 35.7 Å². The minimum Gasteiger partial charge on any atom is -0.298 e. The zero-order valence-electron chi connectivity index (χ0n) is 15.2. The zero-order valence-corrected chi connectivity index (χ0v) is 16.0. The largest absolute Gasteiger partial charge is 0.298 e. The summed E-state index contributed by atoms with van der Waals surface area (Å²) in [4.78, 5) is 18.5. The molecule has 0 saturated heterocycles. The number of hydrogen-bond acceptors (Lipinski definition) is 3. The van der Waals surface area contributed by atoms with Gasteiger partial charge in [0.1, 0.15) is 4.83 Å². The van der Waals surface area contributed by atoms with Crippen molar-refractivity contribution in [1.82, 2.24) is 9.55 Å². The van der Waals surface area contributed by atoms with Crippen molar-refractivity contribution in [2.75, 3.05) is 0 Å². The highest BCUT2D eigenvalue weighted by molar-refractivity contribution is 7.17. The molecule has 0 spiro atoms. The number of aryl methyl sites for hydroxylation is 2. The monoisotopic (exact) mass is 382 g/mol. The van der Waals surface area contributed by atoms with Crippen LogP contribution in [0.5, 0.6) is 0 Å². The van der Waals surface area contributed by atoms with Crippen LogP contribution in [0.2, 0.25) is 0 Å². The Hall–Kier alpha value is -3.24. The van der Waals surface area contributed by atoms with E-state index in [4.69, 9.17) is 0 Å². The summed E-state index contributed by atoms with van der Waals surface area (Å²) in [5.41, 5.74) is 3.28. The summed E-state index contributed by atoms with van der Waals surface area (Å²) in [5.74, 6) is 0. The normalized spacial score (nSPS) is 11.3. The molecule has 3 nitrogen and oxygen atoms in total. The minimum absolute atomic E-state index is 0.0327. The van der Waals surface area contributed by atoms with Gasteiger partial charge in [-0.05, 0) is 34.4 Å². The molecule has 0 aliphatic heterocycles. The highest BCUT2D eigenvalue weighted by atomic mass is 32.1. The highest BCUT2D eigenvalue weighted by Crippen LogP contribution is 2.32. The number of benzene rings is 3. The molecule has 5 aromatic rings. The van der Waals surface area contributed by atoms with E-state index in [-0.39, 0.29) is 5.56 Å². The fourth-order valence-corrected chi connectivity index (χ4v) is 4.50. The molecule has 0 bridgehead atoms. The van der Waals surface area contributed by atoms with Crippen molar-refractivity contribution in [3.8, 4) is 11.1 Å². The van der Waals surface area contributed by atoms with Crippen molar-refractivity contribution in [3.63, 3.8) is 0 Å². The Morgan fingerprint density at radius 1 is 0.893 bits per heavy atom. The van der Waals surface area contributed by atoms with Gasteiger partial charge in [0.25, 0.3) is 5.56 Å². The molecule has 5 rings (SSSR count). The van der Waals surface area contributed by atoms with E-state index in [0.29, 0.717) is 6.54 Å². The summed E-state index contributed by atoms with van der Waals surface area (Å²) in [6.07, 6.45) is 2.48. The minimum atomic E-state index is 0.0327. The zero-order chi connectivity index (χ0) is 18.9. The maximum absolute atomic E-state index is 13.2. The third-order valence-electron chi connectivity index (χ3n) is 5.11. The van der Waals surface area contributed by atoms with E-state index < -0.39 is 0 Å². The molecule has 0 radical (unpaired) electrons. The van der Waals surface area contributed by atoms with Gasteiger partial charge in [-0.3, -0.25) is 9.36 Å². The molecule has 2 aromatic heterocycles. The molecule has 0 fully saturated rings. The number of fused-ring (bicyclic) bond motifs is 2. The Morgan fingerprint density at radius 2 is 1.68 bits per heavy atom. The maximum Gasteiger partial charge on any atom is 0.262 e. The van der Waals surface area contributed by atoms with E-state index in [1.54, 1.807) is 10.9 Å². The SMILES string of the molecule is O=c1c2c(-c3ccc4ccccc4c3)csc2ncn1CCc1ccccc1. The predicted molar refractivity (Wildman–Crippen MR) is 117 cm³/mol. The van der Waals surface area contributed by atoms with Crippen molar-refractivity contribution in [2.45, 2.75) is 13.0 Å². The van der Waals surface area contributed by atoms with Gasteiger partial charge in [0.05, 0.1) is 11.7 Å². The van der Waals surface area contributed by atoms with Crippen LogP contribution in [0.4, 0.5) is 0 Å². The molecule has 0 aliphatic rings. The number of nitrogens with zero attached hydrogens (tertiary/aromatic N) is 2. The van der Waals surface area contributed by atoms with E-state index in [9.17, 15) is 4.79 Å². The van der Waals surface area contributed by atoms with Crippen molar-refractivity contribution >= 4 is 32.3 Å². The summed E-state index contributed by atoms with van der Waals surface area (Å²) in [7, 11) is 0. The number of hydrogen-bond donors (Lipinski definition) is 0. The van der Waals surface area contributed by atoms with Crippen molar-refractivity contribution in [2.24, 2.45) is 0 Å². The van der Waals surface area contributed by atoms with Gasteiger partial charge >= 0.3 is 0 Å². The molecule has 0 atom stereocenters. The summed E-state index contributed by atoms with van der Waals surface area (Å²) in [6, 6.07) is 24.8. The maximum atomic E-state index is 13.2. The Balaban J connectivity index is 1.57. The molecule has 3 aromatic carbocycles. The van der Waals surface area contributed by atoms with Crippen molar-refractivity contribution in [3.05, 3.63) is 100 Å². The molecular formula is C24H18N2OS. The first-order valence-electron chi connectivity index (χ1n) is 9.29. The van der Waals surface area contributed by atoms with Crippen LogP contribution in [0, 0.1) is 0 Å².